The van der Waals surface area contributed by atoms with Crippen molar-refractivity contribution in [3.8, 4) is 0 Å². The molecule has 1 saturated carbocycles. The van der Waals surface area contributed by atoms with Gasteiger partial charge in [0.1, 0.15) is 0 Å². The van der Waals surface area contributed by atoms with Gasteiger partial charge in [-0.25, -0.2) is 0 Å². The van der Waals surface area contributed by atoms with E-state index in [9.17, 15) is 4.79 Å². The Labute approximate surface area is 119 Å². The average molecular weight is 281 g/mol. The summed E-state index contributed by atoms with van der Waals surface area (Å²) in [6.45, 7) is 1.97. The SMILES string of the molecule is CC(NC(=O)CC1(N)CCCC1)c1ccc(Cl)cc1. The fraction of sp³-hybridized carbons (Fsp3) is 0.533. The summed E-state index contributed by atoms with van der Waals surface area (Å²) < 4.78 is 0. The lowest BCUT2D eigenvalue weighted by Gasteiger charge is -2.24. The molecule has 1 atom stereocenters. The van der Waals surface area contributed by atoms with Crippen LogP contribution in [0.15, 0.2) is 24.3 Å². The molecule has 3 N–H and O–H groups in total. The van der Waals surface area contributed by atoms with E-state index in [0.717, 1.165) is 31.2 Å². The summed E-state index contributed by atoms with van der Waals surface area (Å²) in [4.78, 5) is 12.0. The van der Waals surface area contributed by atoms with E-state index in [1.54, 1.807) is 0 Å². The van der Waals surface area contributed by atoms with Gasteiger partial charge in [-0.1, -0.05) is 36.6 Å². The van der Waals surface area contributed by atoms with Crippen LogP contribution in [0.3, 0.4) is 0 Å². The Kier molecular flexibility index (Phi) is 4.48. The van der Waals surface area contributed by atoms with Crippen LogP contribution >= 0.6 is 11.6 Å². The highest BCUT2D eigenvalue weighted by Crippen LogP contribution is 2.30. The predicted octanol–water partition coefficient (Wildman–Crippen LogP) is 3.18. The first-order valence-electron chi connectivity index (χ1n) is 6.82. The highest BCUT2D eigenvalue weighted by Gasteiger charge is 2.31. The Morgan fingerprint density at radius 2 is 1.95 bits per heavy atom. The van der Waals surface area contributed by atoms with Crippen molar-refractivity contribution >= 4 is 17.5 Å². The molecule has 19 heavy (non-hydrogen) atoms. The van der Waals surface area contributed by atoms with Gasteiger partial charge in [0.05, 0.1) is 6.04 Å². The molecule has 0 heterocycles. The second-order valence-corrected chi connectivity index (χ2v) is 6.02. The fourth-order valence-corrected chi connectivity index (χ4v) is 2.83. The molecule has 104 valence electrons. The number of nitrogens with two attached hydrogens (primary N) is 1. The van der Waals surface area contributed by atoms with Crippen LogP contribution in [0, 0.1) is 0 Å². The van der Waals surface area contributed by atoms with Gasteiger partial charge < -0.3 is 11.1 Å². The Balaban J connectivity index is 1.89. The van der Waals surface area contributed by atoms with E-state index in [4.69, 9.17) is 17.3 Å². The Morgan fingerprint density at radius 1 is 1.37 bits per heavy atom. The van der Waals surface area contributed by atoms with Crippen LogP contribution in [-0.2, 0) is 4.79 Å². The van der Waals surface area contributed by atoms with Crippen LogP contribution < -0.4 is 11.1 Å². The minimum absolute atomic E-state index is 0.0187. The number of benzene rings is 1. The summed E-state index contributed by atoms with van der Waals surface area (Å²) in [7, 11) is 0. The number of carbonyl (C=O) groups is 1. The van der Waals surface area contributed by atoms with E-state index in [0.29, 0.717) is 11.4 Å². The molecule has 1 aliphatic rings. The Morgan fingerprint density at radius 3 is 2.53 bits per heavy atom. The summed E-state index contributed by atoms with van der Waals surface area (Å²) in [5, 5.41) is 3.71. The minimum Gasteiger partial charge on any atom is -0.350 e. The van der Waals surface area contributed by atoms with Gasteiger partial charge in [-0.15, -0.1) is 0 Å². The number of hydrogen-bond donors (Lipinski definition) is 2. The molecule has 0 saturated heterocycles. The van der Waals surface area contributed by atoms with E-state index in [1.165, 1.54) is 0 Å². The molecule has 1 unspecified atom stereocenters. The van der Waals surface area contributed by atoms with Gasteiger partial charge in [-0.2, -0.15) is 0 Å². The highest BCUT2D eigenvalue weighted by atomic mass is 35.5. The van der Waals surface area contributed by atoms with E-state index in [1.807, 2.05) is 31.2 Å². The van der Waals surface area contributed by atoms with Crippen LogP contribution in [0.25, 0.3) is 0 Å². The summed E-state index contributed by atoms with van der Waals surface area (Å²) in [5.41, 5.74) is 6.98. The number of hydrogen-bond acceptors (Lipinski definition) is 2. The number of amides is 1. The molecule has 2 rings (SSSR count). The summed E-state index contributed by atoms with van der Waals surface area (Å²) in [6.07, 6.45) is 4.60. The first kappa shape index (κ1) is 14.4. The molecule has 0 aliphatic heterocycles. The predicted molar refractivity (Wildman–Crippen MR) is 78.0 cm³/mol. The molecule has 1 aliphatic carbocycles. The third-order valence-corrected chi connectivity index (χ3v) is 4.11. The van der Waals surface area contributed by atoms with Gasteiger partial charge in [0, 0.05) is 17.0 Å². The van der Waals surface area contributed by atoms with Gasteiger partial charge in [0.25, 0.3) is 0 Å². The summed E-state index contributed by atoms with van der Waals surface area (Å²) in [5.74, 6) is 0.0341. The maximum atomic E-state index is 12.0. The first-order valence-corrected chi connectivity index (χ1v) is 7.20. The molecule has 0 spiro atoms. The second-order valence-electron chi connectivity index (χ2n) is 5.59. The lowest BCUT2D eigenvalue weighted by atomic mass is 9.94. The normalized spacial score (nSPS) is 19.1. The molecule has 3 nitrogen and oxygen atoms in total. The smallest absolute Gasteiger partial charge is 0.222 e. The monoisotopic (exact) mass is 280 g/mol. The molecular weight excluding hydrogens is 260 g/mol. The molecule has 1 amide bonds. The molecule has 1 fully saturated rings. The van der Waals surface area contributed by atoms with Gasteiger partial charge in [0.15, 0.2) is 0 Å². The van der Waals surface area contributed by atoms with Crippen molar-refractivity contribution < 1.29 is 4.79 Å². The van der Waals surface area contributed by atoms with E-state index >= 15 is 0 Å². The zero-order valence-electron chi connectivity index (χ0n) is 11.3. The Bertz CT molecular complexity index is 438. The van der Waals surface area contributed by atoms with Crippen molar-refractivity contribution in [3.63, 3.8) is 0 Å². The van der Waals surface area contributed by atoms with Crippen LogP contribution in [0.5, 0.6) is 0 Å². The molecule has 1 aromatic carbocycles. The third-order valence-electron chi connectivity index (χ3n) is 3.86. The van der Waals surface area contributed by atoms with Crippen molar-refractivity contribution in [1.29, 1.82) is 0 Å². The highest BCUT2D eigenvalue weighted by molar-refractivity contribution is 6.30. The van der Waals surface area contributed by atoms with Crippen molar-refractivity contribution in [3.05, 3.63) is 34.9 Å². The van der Waals surface area contributed by atoms with Crippen LogP contribution in [0.1, 0.15) is 50.6 Å². The molecular formula is C15H21ClN2O. The second kappa shape index (κ2) is 5.93. The van der Waals surface area contributed by atoms with Gasteiger partial charge in [-0.05, 0) is 37.5 Å². The van der Waals surface area contributed by atoms with E-state index in [-0.39, 0.29) is 17.5 Å². The molecule has 1 aromatic rings. The quantitative estimate of drug-likeness (QED) is 0.890. The first-order chi connectivity index (χ1) is 8.98. The Hall–Kier alpha value is -1.06. The van der Waals surface area contributed by atoms with E-state index in [2.05, 4.69) is 5.32 Å². The van der Waals surface area contributed by atoms with E-state index < -0.39 is 0 Å². The average Bonchev–Trinajstić information content (AvgIpc) is 2.76. The zero-order chi connectivity index (χ0) is 13.9. The summed E-state index contributed by atoms with van der Waals surface area (Å²) >= 11 is 5.85. The van der Waals surface area contributed by atoms with Crippen molar-refractivity contribution in [2.75, 3.05) is 0 Å². The third kappa shape index (κ3) is 3.95. The number of rotatable bonds is 4. The molecule has 0 bridgehead atoms. The largest absolute Gasteiger partial charge is 0.350 e. The van der Waals surface area contributed by atoms with Gasteiger partial charge in [0.2, 0.25) is 5.91 Å². The van der Waals surface area contributed by atoms with Crippen molar-refractivity contribution in [1.82, 2.24) is 5.32 Å². The van der Waals surface area contributed by atoms with Crippen molar-refractivity contribution in [2.45, 2.75) is 50.6 Å². The van der Waals surface area contributed by atoms with Gasteiger partial charge in [-0.3, -0.25) is 4.79 Å². The van der Waals surface area contributed by atoms with Crippen LogP contribution in [-0.4, -0.2) is 11.4 Å². The molecule has 0 aromatic heterocycles. The maximum absolute atomic E-state index is 12.0. The number of carbonyl (C=O) groups excluding carboxylic acids is 1. The zero-order valence-corrected chi connectivity index (χ0v) is 12.0. The van der Waals surface area contributed by atoms with Crippen LogP contribution in [0.2, 0.25) is 5.02 Å². The topological polar surface area (TPSA) is 55.1 Å². The maximum Gasteiger partial charge on any atom is 0.222 e. The molecule has 0 radical (unpaired) electrons. The van der Waals surface area contributed by atoms with Gasteiger partial charge >= 0.3 is 0 Å². The number of halogens is 1. The fourth-order valence-electron chi connectivity index (χ4n) is 2.70. The minimum atomic E-state index is -0.288. The summed E-state index contributed by atoms with van der Waals surface area (Å²) in [6, 6.07) is 7.51. The lowest BCUT2D eigenvalue weighted by molar-refractivity contribution is -0.122. The standard InChI is InChI=1S/C15H21ClN2O/c1-11(12-4-6-13(16)7-5-12)18-14(19)10-15(17)8-2-3-9-15/h4-7,11H,2-3,8-10,17H2,1H3,(H,18,19). The molecule has 4 heteroatoms. The van der Waals surface area contributed by atoms with Crippen LogP contribution in [0.4, 0.5) is 0 Å². The lowest BCUT2D eigenvalue weighted by Crippen LogP contribution is -2.42. The van der Waals surface area contributed by atoms with Crippen molar-refractivity contribution in [2.24, 2.45) is 5.73 Å². The number of nitrogens with one attached hydrogen (secondary N) is 1.